The fourth-order valence-electron chi connectivity index (χ4n) is 2.68. The summed E-state index contributed by atoms with van der Waals surface area (Å²) in [5, 5.41) is 3.33. The number of anilines is 1. The molecule has 1 heterocycles. The number of aromatic nitrogens is 1. The molecule has 0 saturated carbocycles. The number of pyridine rings is 1. The van der Waals surface area contributed by atoms with Crippen molar-refractivity contribution in [1.29, 1.82) is 0 Å². The maximum atomic E-state index is 11.3. The Morgan fingerprint density at radius 3 is 2.18 bits per heavy atom. The second-order valence-corrected chi connectivity index (χ2v) is 5.73. The normalized spacial score (nSPS) is 13.4. The molecule has 4 heteroatoms. The van der Waals surface area contributed by atoms with Gasteiger partial charge in [-0.2, -0.15) is 4.91 Å². The highest BCUT2D eigenvalue weighted by molar-refractivity contribution is 5.46. The monoisotopic (exact) mass is 297 g/mol. The van der Waals surface area contributed by atoms with E-state index in [0.29, 0.717) is 5.92 Å². The van der Waals surface area contributed by atoms with Gasteiger partial charge in [0.15, 0.2) is 0 Å². The maximum Gasteiger partial charge on any atom is 0.118 e. The van der Waals surface area contributed by atoms with Gasteiger partial charge in [-0.15, -0.1) is 0 Å². The number of nitroso groups, excluding NO2 is 1. The summed E-state index contributed by atoms with van der Waals surface area (Å²) < 4.78 is 0. The van der Waals surface area contributed by atoms with E-state index in [-0.39, 0.29) is 6.04 Å². The molecule has 0 amide bonds. The maximum absolute atomic E-state index is 11.3. The van der Waals surface area contributed by atoms with Crippen molar-refractivity contribution in [3.63, 3.8) is 0 Å². The first kappa shape index (κ1) is 16.1. The Bertz CT molecular complexity index is 581. The number of nitrogens with zero attached hydrogens (tertiary/aromatic N) is 3. The number of hydrogen-bond acceptors (Lipinski definition) is 4. The molecule has 0 saturated heterocycles. The Balaban J connectivity index is 2.15. The molecule has 0 spiro atoms. The number of hydrogen-bond donors (Lipinski definition) is 0. The summed E-state index contributed by atoms with van der Waals surface area (Å²) >= 11 is 0. The molecule has 2 aromatic rings. The molecule has 2 atom stereocenters. The van der Waals surface area contributed by atoms with Crippen molar-refractivity contribution in [2.24, 2.45) is 5.18 Å². The highest BCUT2D eigenvalue weighted by Crippen LogP contribution is 2.33. The third kappa shape index (κ3) is 3.91. The Kier molecular flexibility index (Phi) is 5.64. The summed E-state index contributed by atoms with van der Waals surface area (Å²) in [7, 11) is 4.06. The lowest BCUT2D eigenvalue weighted by atomic mass is 9.88. The average Bonchev–Trinajstić information content (AvgIpc) is 2.57. The minimum Gasteiger partial charge on any atom is -0.378 e. The van der Waals surface area contributed by atoms with Crippen LogP contribution in [0, 0.1) is 4.91 Å². The second kappa shape index (κ2) is 7.69. The van der Waals surface area contributed by atoms with E-state index in [1.54, 1.807) is 12.4 Å². The highest BCUT2D eigenvalue weighted by atomic mass is 16.3. The van der Waals surface area contributed by atoms with Gasteiger partial charge in [-0.25, -0.2) is 0 Å². The molecule has 0 aliphatic carbocycles. The lowest BCUT2D eigenvalue weighted by Crippen LogP contribution is -2.09. The summed E-state index contributed by atoms with van der Waals surface area (Å²) in [6.07, 6.45) is 5.13. The zero-order valence-electron chi connectivity index (χ0n) is 13.4. The van der Waals surface area contributed by atoms with Gasteiger partial charge in [-0.3, -0.25) is 4.98 Å². The van der Waals surface area contributed by atoms with Crippen LogP contribution < -0.4 is 4.90 Å². The van der Waals surface area contributed by atoms with Crippen LogP contribution in [0.4, 0.5) is 5.69 Å². The second-order valence-electron chi connectivity index (χ2n) is 5.73. The molecule has 0 N–H and O–H groups in total. The van der Waals surface area contributed by atoms with Gasteiger partial charge >= 0.3 is 0 Å². The van der Waals surface area contributed by atoms with Crippen LogP contribution in [0.2, 0.25) is 0 Å². The third-order valence-electron chi connectivity index (χ3n) is 4.10. The lowest BCUT2D eigenvalue weighted by Gasteiger charge is -2.20. The first-order chi connectivity index (χ1) is 10.7. The minimum atomic E-state index is -0.318. The molecule has 1 aromatic carbocycles. The van der Waals surface area contributed by atoms with Crippen molar-refractivity contribution in [2.75, 3.05) is 19.0 Å². The van der Waals surface area contributed by atoms with Crippen molar-refractivity contribution in [1.82, 2.24) is 4.98 Å². The summed E-state index contributed by atoms with van der Waals surface area (Å²) in [4.78, 5) is 17.3. The minimum absolute atomic E-state index is 0.318. The lowest BCUT2D eigenvalue weighted by molar-refractivity contribution is 0.529. The summed E-state index contributed by atoms with van der Waals surface area (Å²) in [5.41, 5.74) is 3.38. The Labute approximate surface area is 132 Å². The van der Waals surface area contributed by atoms with E-state index in [1.807, 2.05) is 26.2 Å². The van der Waals surface area contributed by atoms with E-state index in [2.05, 4.69) is 46.2 Å². The third-order valence-corrected chi connectivity index (χ3v) is 4.10. The molecule has 0 radical (unpaired) electrons. The Morgan fingerprint density at radius 1 is 1.05 bits per heavy atom. The topological polar surface area (TPSA) is 45.6 Å². The molecule has 0 aliphatic rings. The average molecular weight is 297 g/mol. The highest BCUT2D eigenvalue weighted by Gasteiger charge is 2.19. The SMILES string of the molecule is CCC(CC(N=O)c1ccncc1)c1ccc(N(C)C)cc1. The van der Waals surface area contributed by atoms with E-state index in [1.165, 1.54) is 11.3 Å². The van der Waals surface area contributed by atoms with Gasteiger partial charge in [0.2, 0.25) is 0 Å². The van der Waals surface area contributed by atoms with E-state index >= 15 is 0 Å². The van der Waals surface area contributed by atoms with Crippen LogP contribution in [0.15, 0.2) is 54.0 Å². The zero-order chi connectivity index (χ0) is 15.9. The van der Waals surface area contributed by atoms with Gasteiger partial charge in [0.25, 0.3) is 0 Å². The van der Waals surface area contributed by atoms with Crippen molar-refractivity contribution in [2.45, 2.75) is 31.7 Å². The molecule has 22 heavy (non-hydrogen) atoms. The largest absolute Gasteiger partial charge is 0.378 e. The number of benzene rings is 1. The summed E-state index contributed by atoms with van der Waals surface area (Å²) in [5.74, 6) is 0.326. The first-order valence-electron chi connectivity index (χ1n) is 7.65. The quantitative estimate of drug-likeness (QED) is 0.705. The van der Waals surface area contributed by atoms with Crippen molar-refractivity contribution in [3.05, 3.63) is 64.8 Å². The van der Waals surface area contributed by atoms with Gasteiger partial charge in [0, 0.05) is 32.2 Å². The number of rotatable bonds is 7. The van der Waals surface area contributed by atoms with Crippen LogP contribution in [0.3, 0.4) is 0 Å². The van der Waals surface area contributed by atoms with Crippen LogP contribution in [-0.2, 0) is 0 Å². The zero-order valence-corrected chi connectivity index (χ0v) is 13.4. The van der Waals surface area contributed by atoms with Crippen LogP contribution in [0.5, 0.6) is 0 Å². The van der Waals surface area contributed by atoms with Gasteiger partial charge < -0.3 is 4.90 Å². The molecule has 2 unspecified atom stereocenters. The van der Waals surface area contributed by atoms with Gasteiger partial charge in [0.05, 0.1) is 0 Å². The van der Waals surface area contributed by atoms with Crippen LogP contribution >= 0.6 is 0 Å². The van der Waals surface area contributed by atoms with Gasteiger partial charge in [-0.1, -0.05) is 24.2 Å². The molecule has 0 bridgehead atoms. The fraction of sp³-hybridized carbons (Fsp3) is 0.389. The first-order valence-corrected chi connectivity index (χ1v) is 7.65. The molecule has 2 rings (SSSR count). The predicted octanol–water partition coefficient (Wildman–Crippen LogP) is 4.54. The molecule has 0 aliphatic heterocycles. The molecule has 116 valence electrons. The van der Waals surface area contributed by atoms with E-state index in [9.17, 15) is 4.91 Å². The van der Waals surface area contributed by atoms with Crippen LogP contribution in [-0.4, -0.2) is 19.1 Å². The molecule has 1 aromatic heterocycles. The standard InChI is InChI=1S/C18H23N3O/c1-4-14(15-5-7-17(8-6-15)21(2)3)13-18(20-22)16-9-11-19-12-10-16/h5-12,14,18H,4,13H2,1-3H3. The molecule has 4 nitrogen and oxygen atoms in total. The van der Waals surface area contributed by atoms with Crippen LogP contribution in [0.1, 0.15) is 42.9 Å². The molecular formula is C18H23N3O. The van der Waals surface area contributed by atoms with E-state index in [4.69, 9.17) is 0 Å². The summed E-state index contributed by atoms with van der Waals surface area (Å²) in [6.45, 7) is 2.15. The van der Waals surface area contributed by atoms with Crippen LogP contribution in [0.25, 0.3) is 0 Å². The molecule has 0 fully saturated rings. The van der Waals surface area contributed by atoms with E-state index in [0.717, 1.165) is 18.4 Å². The van der Waals surface area contributed by atoms with Gasteiger partial charge in [0.1, 0.15) is 6.04 Å². The Hall–Kier alpha value is -2.23. The van der Waals surface area contributed by atoms with E-state index < -0.39 is 0 Å². The smallest absolute Gasteiger partial charge is 0.118 e. The van der Waals surface area contributed by atoms with Crippen molar-refractivity contribution in [3.8, 4) is 0 Å². The predicted molar refractivity (Wildman–Crippen MR) is 91.2 cm³/mol. The van der Waals surface area contributed by atoms with Crippen molar-refractivity contribution >= 4 is 5.69 Å². The molecular weight excluding hydrogens is 274 g/mol. The summed E-state index contributed by atoms with van der Waals surface area (Å²) in [6, 6.07) is 12.0. The van der Waals surface area contributed by atoms with Gasteiger partial charge in [-0.05, 0) is 54.2 Å². The fourth-order valence-corrected chi connectivity index (χ4v) is 2.68. The Morgan fingerprint density at radius 2 is 1.68 bits per heavy atom. The van der Waals surface area contributed by atoms with Crippen molar-refractivity contribution < 1.29 is 0 Å².